The molecule has 4 rings (SSSR count). The first-order valence-corrected chi connectivity index (χ1v) is 9.63. The number of benzene rings is 1. The Hall–Kier alpha value is -3.88. The number of para-hydroxylation sites is 1. The smallest absolute Gasteiger partial charge is 0.329 e. The molecule has 0 radical (unpaired) electrons. The maximum absolute atomic E-state index is 13.1. The number of methoxy groups -OCH3 is 1. The summed E-state index contributed by atoms with van der Waals surface area (Å²) in [5.74, 6) is -0.201. The van der Waals surface area contributed by atoms with E-state index in [-0.39, 0.29) is 17.4 Å². The first-order valence-electron chi connectivity index (χ1n) is 9.63. The van der Waals surface area contributed by atoms with Crippen molar-refractivity contribution in [3.05, 3.63) is 64.4 Å². The normalized spacial score (nSPS) is 11.7. The number of aliphatic carboxylic acids is 1. The van der Waals surface area contributed by atoms with Crippen molar-refractivity contribution >= 4 is 17.1 Å². The molecular formula is C22H21N3O6. The topological polar surface area (TPSA) is 121 Å². The number of ether oxygens (including phenoxy) is 1. The van der Waals surface area contributed by atoms with Gasteiger partial charge in [-0.1, -0.05) is 18.2 Å². The third kappa shape index (κ3) is 3.58. The average Bonchev–Trinajstić information content (AvgIpc) is 3.43. The predicted octanol–water partition coefficient (Wildman–Crippen LogP) is 3.26. The maximum atomic E-state index is 13.1. The molecule has 0 unspecified atom stereocenters. The molecule has 31 heavy (non-hydrogen) atoms. The lowest BCUT2D eigenvalue weighted by molar-refractivity contribution is -0.145. The van der Waals surface area contributed by atoms with Gasteiger partial charge in [-0.05, 0) is 43.9 Å². The molecule has 160 valence electrons. The summed E-state index contributed by atoms with van der Waals surface area (Å²) >= 11 is 0. The fourth-order valence-corrected chi connectivity index (χ4v) is 3.37. The lowest BCUT2D eigenvalue weighted by Crippen LogP contribution is -2.42. The fourth-order valence-electron chi connectivity index (χ4n) is 3.37. The number of pyridine rings is 1. The van der Waals surface area contributed by atoms with Crippen LogP contribution in [0.4, 0.5) is 0 Å². The van der Waals surface area contributed by atoms with Crippen LogP contribution in [0.15, 0.2) is 56.6 Å². The molecule has 3 aromatic heterocycles. The third-order valence-electron chi connectivity index (χ3n) is 5.23. The molecular weight excluding hydrogens is 402 g/mol. The van der Waals surface area contributed by atoms with Crippen LogP contribution in [0.3, 0.4) is 0 Å². The van der Waals surface area contributed by atoms with Crippen molar-refractivity contribution in [3.8, 4) is 17.5 Å². The van der Waals surface area contributed by atoms with Gasteiger partial charge in [0.2, 0.25) is 5.58 Å². The third-order valence-corrected chi connectivity index (χ3v) is 5.23. The Morgan fingerprint density at radius 3 is 2.61 bits per heavy atom. The summed E-state index contributed by atoms with van der Waals surface area (Å²) < 4.78 is 17.5. The Morgan fingerprint density at radius 2 is 1.94 bits per heavy atom. The SMILES string of the molecule is COc1ccccc1CCc1cn(C(C)(C)C(=O)O)c(=O)c2oc(-c3ncco3)nc12. The van der Waals surface area contributed by atoms with Gasteiger partial charge < -0.3 is 18.7 Å². The molecule has 0 atom stereocenters. The molecule has 9 heteroatoms. The van der Waals surface area contributed by atoms with E-state index in [1.165, 1.54) is 37.1 Å². The standard InChI is InChI=1S/C22H21N3O6/c1-22(2,21(27)28)25-12-14(9-8-13-6-4-5-7-15(13)29-3)16-17(20(25)26)31-19(24-16)18-23-10-11-30-18/h4-7,10-12H,8-9H2,1-3H3,(H,27,28). The Bertz CT molecular complexity index is 1300. The zero-order valence-electron chi connectivity index (χ0n) is 17.3. The van der Waals surface area contributed by atoms with E-state index >= 15 is 0 Å². The van der Waals surface area contributed by atoms with E-state index in [1.54, 1.807) is 7.11 Å². The molecule has 3 heterocycles. The van der Waals surface area contributed by atoms with E-state index in [4.69, 9.17) is 13.6 Å². The Labute approximate surface area is 176 Å². The Kier molecular flexibility index (Phi) is 5.10. The van der Waals surface area contributed by atoms with Crippen molar-refractivity contribution in [1.29, 1.82) is 0 Å². The van der Waals surface area contributed by atoms with Gasteiger partial charge >= 0.3 is 5.97 Å². The number of nitrogens with zero attached hydrogens (tertiary/aromatic N) is 3. The summed E-state index contributed by atoms with van der Waals surface area (Å²) in [5.41, 5.74) is -0.124. The van der Waals surface area contributed by atoms with E-state index in [9.17, 15) is 14.7 Å². The zero-order valence-corrected chi connectivity index (χ0v) is 17.3. The van der Waals surface area contributed by atoms with Crippen LogP contribution in [0.1, 0.15) is 25.0 Å². The molecule has 9 nitrogen and oxygen atoms in total. The molecule has 0 aliphatic carbocycles. The van der Waals surface area contributed by atoms with Gasteiger partial charge in [-0.25, -0.2) is 14.8 Å². The van der Waals surface area contributed by atoms with Gasteiger partial charge in [-0.3, -0.25) is 9.36 Å². The van der Waals surface area contributed by atoms with Crippen LogP contribution < -0.4 is 10.3 Å². The average molecular weight is 423 g/mol. The van der Waals surface area contributed by atoms with Gasteiger partial charge in [0.25, 0.3) is 17.3 Å². The molecule has 1 N–H and O–H groups in total. The number of rotatable bonds is 7. The van der Waals surface area contributed by atoms with Crippen molar-refractivity contribution in [3.63, 3.8) is 0 Å². The zero-order chi connectivity index (χ0) is 22.2. The Morgan fingerprint density at radius 1 is 1.19 bits per heavy atom. The van der Waals surface area contributed by atoms with Crippen LogP contribution in [0.25, 0.3) is 22.9 Å². The number of aryl methyl sites for hydroxylation is 2. The minimum Gasteiger partial charge on any atom is -0.496 e. The molecule has 0 bridgehead atoms. The Balaban J connectivity index is 1.86. The first-order chi connectivity index (χ1) is 14.8. The maximum Gasteiger partial charge on any atom is 0.329 e. The fraction of sp³-hybridized carbons (Fsp3) is 0.273. The predicted molar refractivity (Wildman–Crippen MR) is 111 cm³/mol. The minimum atomic E-state index is -1.49. The molecule has 0 spiro atoms. The lowest BCUT2D eigenvalue weighted by atomic mass is 10.0. The van der Waals surface area contributed by atoms with Gasteiger partial charge in [-0.2, -0.15) is 0 Å². The molecule has 0 amide bonds. The summed E-state index contributed by atoms with van der Waals surface area (Å²) in [4.78, 5) is 33.4. The lowest BCUT2D eigenvalue weighted by Gasteiger charge is -2.23. The molecule has 0 saturated carbocycles. The van der Waals surface area contributed by atoms with Crippen LogP contribution in [0.5, 0.6) is 5.75 Å². The number of carboxylic acids is 1. The molecule has 4 aromatic rings. The monoisotopic (exact) mass is 423 g/mol. The van der Waals surface area contributed by atoms with Gasteiger partial charge in [0.15, 0.2) is 0 Å². The summed E-state index contributed by atoms with van der Waals surface area (Å²) in [6, 6.07) is 7.62. The highest BCUT2D eigenvalue weighted by molar-refractivity contribution is 5.80. The number of carboxylic acid groups (broad SMARTS) is 1. The first kappa shape index (κ1) is 20.4. The number of carbonyl (C=O) groups is 1. The molecule has 0 aliphatic heterocycles. The second-order valence-corrected chi connectivity index (χ2v) is 7.54. The van der Waals surface area contributed by atoms with Crippen LogP contribution in [0.2, 0.25) is 0 Å². The summed E-state index contributed by atoms with van der Waals surface area (Å²) in [6.45, 7) is 2.91. The number of fused-ring (bicyclic) bond motifs is 1. The second kappa shape index (κ2) is 7.75. The molecule has 0 aliphatic rings. The van der Waals surface area contributed by atoms with Gasteiger partial charge in [-0.15, -0.1) is 0 Å². The van der Waals surface area contributed by atoms with E-state index in [0.717, 1.165) is 11.3 Å². The highest BCUT2D eigenvalue weighted by Gasteiger charge is 2.33. The number of aromatic nitrogens is 3. The minimum absolute atomic E-state index is 0.0416. The van der Waals surface area contributed by atoms with Gasteiger partial charge in [0, 0.05) is 6.20 Å². The molecule has 0 saturated heterocycles. The highest BCUT2D eigenvalue weighted by atomic mass is 16.5. The van der Waals surface area contributed by atoms with Crippen molar-refractivity contribution in [2.24, 2.45) is 0 Å². The van der Waals surface area contributed by atoms with Crippen molar-refractivity contribution in [2.75, 3.05) is 7.11 Å². The highest BCUT2D eigenvalue weighted by Crippen LogP contribution is 2.27. The second-order valence-electron chi connectivity index (χ2n) is 7.54. The van der Waals surface area contributed by atoms with Gasteiger partial charge in [0.05, 0.1) is 13.3 Å². The molecule has 0 fully saturated rings. The van der Waals surface area contributed by atoms with Crippen molar-refractivity contribution < 1.29 is 23.5 Å². The van der Waals surface area contributed by atoms with Crippen LogP contribution in [-0.4, -0.2) is 32.7 Å². The quantitative estimate of drug-likeness (QED) is 0.481. The largest absolute Gasteiger partial charge is 0.496 e. The summed E-state index contributed by atoms with van der Waals surface area (Å²) in [5, 5.41) is 9.67. The summed E-state index contributed by atoms with van der Waals surface area (Å²) in [6.07, 6.45) is 5.42. The van der Waals surface area contributed by atoms with Crippen molar-refractivity contribution in [1.82, 2.24) is 14.5 Å². The van der Waals surface area contributed by atoms with E-state index in [0.29, 0.717) is 23.9 Å². The molecule has 1 aromatic carbocycles. The van der Waals surface area contributed by atoms with E-state index in [2.05, 4.69) is 9.97 Å². The number of hydrogen-bond donors (Lipinski definition) is 1. The van der Waals surface area contributed by atoms with Gasteiger partial charge in [0.1, 0.15) is 23.1 Å². The van der Waals surface area contributed by atoms with Crippen LogP contribution in [-0.2, 0) is 23.2 Å². The summed E-state index contributed by atoms with van der Waals surface area (Å²) in [7, 11) is 1.60. The van der Waals surface area contributed by atoms with Crippen LogP contribution >= 0.6 is 0 Å². The van der Waals surface area contributed by atoms with Crippen molar-refractivity contribution in [2.45, 2.75) is 32.2 Å². The van der Waals surface area contributed by atoms with E-state index < -0.39 is 17.1 Å². The van der Waals surface area contributed by atoms with Crippen LogP contribution in [0, 0.1) is 0 Å². The number of hydrogen-bond acceptors (Lipinski definition) is 7. The van der Waals surface area contributed by atoms with E-state index in [1.807, 2.05) is 24.3 Å². The number of oxazole rings is 2.